The summed E-state index contributed by atoms with van der Waals surface area (Å²) >= 11 is 9.71. The topological polar surface area (TPSA) is 12.0 Å². The van der Waals surface area contributed by atoms with Gasteiger partial charge in [0.25, 0.3) is 0 Å². The second-order valence-electron chi connectivity index (χ2n) is 4.58. The quantitative estimate of drug-likeness (QED) is 0.883. The van der Waals surface area contributed by atoms with Crippen molar-refractivity contribution < 1.29 is 0 Å². The van der Waals surface area contributed by atoms with Crippen LogP contribution >= 0.6 is 27.5 Å². The molecular weight excluding hydrogens is 286 g/mol. The van der Waals surface area contributed by atoms with Crippen LogP contribution in [0.15, 0.2) is 22.7 Å². The van der Waals surface area contributed by atoms with Crippen molar-refractivity contribution >= 4 is 27.5 Å². The monoisotopic (exact) mass is 301 g/mol. The smallest absolute Gasteiger partial charge is 0.0449 e. The molecule has 88 valence electrons. The maximum Gasteiger partial charge on any atom is 0.0449 e. The molecule has 0 saturated carbocycles. The third-order valence-electron chi connectivity index (χ3n) is 3.55. The second-order valence-corrected chi connectivity index (χ2v) is 5.90. The van der Waals surface area contributed by atoms with Crippen LogP contribution in [0, 0.1) is 0 Å². The van der Waals surface area contributed by atoms with E-state index in [1.54, 1.807) is 0 Å². The summed E-state index contributed by atoms with van der Waals surface area (Å²) in [5.74, 6) is 0. The Morgan fingerprint density at radius 2 is 2.31 bits per heavy atom. The minimum Gasteiger partial charge on any atom is -0.311 e. The largest absolute Gasteiger partial charge is 0.311 e. The Morgan fingerprint density at radius 1 is 1.50 bits per heavy atom. The summed E-state index contributed by atoms with van der Waals surface area (Å²) in [6.07, 6.45) is 4.74. The van der Waals surface area contributed by atoms with Crippen LogP contribution in [0.4, 0.5) is 0 Å². The minimum absolute atomic E-state index is 0.275. The zero-order chi connectivity index (χ0) is 11.6. The summed E-state index contributed by atoms with van der Waals surface area (Å²) < 4.78 is 1.05. The average Bonchev–Trinajstić information content (AvgIpc) is 2.72. The van der Waals surface area contributed by atoms with Crippen LogP contribution in [0.25, 0.3) is 0 Å². The molecule has 1 aliphatic rings. The lowest BCUT2D eigenvalue weighted by Gasteiger charge is -2.28. The van der Waals surface area contributed by atoms with Gasteiger partial charge in [-0.2, -0.15) is 0 Å². The van der Waals surface area contributed by atoms with Crippen LogP contribution in [0.1, 0.15) is 31.7 Å². The first-order chi connectivity index (χ1) is 7.65. The van der Waals surface area contributed by atoms with Crippen LogP contribution in [0.3, 0.4) is 0 Å². The normalized spacial score (nSPS) is 24.9. The zero-order valence-corrected chi connectivity index (χ0v) is 11.9. The first kappa shape index (κ1) is 12.4. The molecule has 1 atom stereocenters. The molecule has 1 aliphatic heterocycles. The van der Waals surface area contributed by atoms with Gasteiger partial charge in [0.2, 0.25) is 0 Å². The number of benzene rings is 1. The van der Waals surface area contributed by atoms with E-state index >= 15 is 0 Å². The highest BCUT2D eigenvalue weighted by Gasteiger charge is 2.31. The van der Waals surface area contributed by atoms with E-state index in [1.165, 1.54) is 24.8 Å². The van der Waals surface area contributed by atoms with E-state index in [2.05, 4.69) is 40.3 Å². The van der Waals surface area contributed by atoms with Crippen LogP contribution in [0.5, 0.6) is 0 Å². The Bertz CT molecular complexity index is 372. The van der Waals surface area contributed by atoms with Crippen molar-refractivity contribution in [3.8, 4) is 0 Å². The number of halogens is 2. The van der Waals surface area contributed by atoms with Gasteiger partial charge in [0.1, 0.15) is 0 Å². The van der Waals surface area contributed by atoms with Crippen molar-refractivity contribution in [2.75, 3.05) is 6.54 Å². The molecule has 2 rings (SSSR count). The van der Waals surface area contributed by atoms with Gasteiger partial charge in [-0.1, -0.05) is 40.5 Å². The Hall–Kier alpha value is -0.0500. The van der Waals surface area contributed by atoms with E-state index in [9.17, 15) is 0 Å². The number of hydrogen-bond donors (Lipinski definition) is 1. The molecule has 1 saturated heterocycles. The number of nitrogens with one attached hydrogen (secondary N) is 1. The van der Waals surface area contributed by atoms with Crippen molar-refractivity contribution in [2.45, 2.75) is 38.1 Å². The lowest BCUT2D eigenvalue weighted by atomic mass is 9.87. The van der Waals surface area contributed by atoms with Gasteiger partial charge in [-0.05, 0) is 49.9 Å². The Morgan fingerprint density at radius 3 is 2.88 bits per heavy atom. The minimum atomic E-state index is 0.275. The maximum atomic E-state index is 6.27. The highest BCUT2D eigenvalue weighted by atomic mass is 79.9. The van der Waals surface area contributed by atoms with Gasteiger partial charge in [-0.15, -0.1) is 0 Å². The molecule has 1 unspecified atom stereocenters. The highest BCUT2D eigenvalue weighted by molar-refractivity contribution is 9.10. The van der Waals surface area contributed by atoms with Crippen LogP contribution in [-0.4, -0.2) is 12.1 Å². The molecule has 3 heteroatoms. The zero-order valence-electron chi connectivity index (χ0n) is 9.52. The number of rotatable bonds is 3. The lowest BCUT2D eigenvalue weighted by molar-refractivity contribution is 0.360. The van der Waals surface area contributed by atoms with E-state index in [0.29, 0.717) is 0 Å². The average molecular weight is 303 g/mol. The first-order valence-electron chi connectivity index (χ1n) is 5.84. The molecule has 1 aromatic carbocycles. The van der Waals surface area contributed by atoms with Gasteiger partial charge < -0.3 is 5.32 Å². The fourth-order valence-electron chi connectivity index (χ4n) is 2.48. The Kier molecular flexibility index (Phi) is 3.93. The van der Waals surface area contributed by atoms with Gasteiger partial charge in [0, 0.05) is 15.0 Å². The second kappa shape index (κ2) is 5.07. The SMILES string of the molecule is CCC1(Cc2ccc(Br)cc2Cl)CCCN1. The molecule has 0 spiro atoms. The Labute approximate surface area is 111 Å². The van der Waals surface area contributed by atoms with Crippen LogP contribution in [-0.2, 0) is 6.42 Å². The van der Waals surface area contributed by atoms with Crippen LogP contribution < -0.4 is 5.32 Å². The third kappa shape index (κ3) is 2.61. The summed E-state index contributed by atoms with van der Waals surface area (Å²) in [6, 6.07) is 6.18. The van der Waals surface area contributed by atoms with Crippen molar-refractivity contribution in [1.82, 2.24) is 5.32 Å². The maximum absolute atomic E-state index is 6.27. The first-order valence-corrected chi connectivity index (χ1v) is 7.01. The van der Waals surface area contributed by atoms with Gasteiger partial charge >= 0.3 is 0 Å². The van der Waals surface area contributed by atoms with E-state index in [0.717, 1.165) is 22.5 Å². The highest BCUT2D eigenvalue weighted by Crippen LogP contribution is 2.31. The van der Waals surface area contributed by atoms with Crippen molar-refractivity contribution in [1.29, 1.82) is 0 Å². The molecule has 1 heterocycles. The van der Waals surface area contributed by atoms with E-state index < -0.39 is 0 Å². The predicted molar refractivity (Wildman–Crippen MR) is 73.1 cm³/mol. The van der Waals surface area contributed by atoms with Crippen molar-refractivity contribution in [2.24, 2.45) is 0 Å². The van der Waals surface area contributed by atoms with Gasteiger partial charge in [-0.3, -0.25) is 0 Å². The van der Waals surface area contributed by atoms with Gasteiger partial charge in [-0.25, -0.2) is 0 Å². The molecule has 1 aromatic rings. The molecule has 16 heavy (non-hydrogen) atoms. The fourth-order valence-corrected chi connectivity index (χ4v) is 3.22. The Balaban J connectivity index is 2.19. The lowest BCUT2D eigenvalue weighted by Crippen LogP contribution is -2.41. The van der Waals surface area contributed by atoms with Crippen molar-refractivity contribution in [3.63, 3.8) is 0 Å². The van der Waals surface area contributed by atoms with Crippen LogP contribution in [0.2, 0.25) is 5.02 Å². The molecule has 1 N–H and O–H groups in total. The molecule has 1 fully saturated rings. The summed E-state index contributed by atoms with van der Waals surface area (Å²) in [5, 5.41) is 4.51. The molecule has 0 amide bonds. The summed E-state index contributed by atoms with van der Waals surface area (Å²) in [7, 11) is 0. The summed E-state index contributed by atoms with van der Waals surface area (Å²) in [5.41, 5.74) is 1.53. The third-order valence-corrected chi connectivity index (χ3v) is 4.40. The van der Waals surface area contributed by atoms with E-state index in [4.69, 9.17) is 11.6 Å². The van der Waals surface area contributed by atoms with E-state index in [-0.39, 0.29) is 5.54 Å². The summed E-state index contributed by atoms with van der Waals surface area (Å²) in [6.45, 7) is 3.40. The molecule has 0 aromatic heterocycles. The van der Waals surface area contributed by atoms with Gasteiger partial charge in [0.05, 0.1) is 0 Å². The number of hydrogen-bond acceptors (Lipinski definition) is 1. The van der Waals surface area contributed by atoms with Gasteiger partial charge in [0.15, 0.2) is 0 Å². The molecule has 0 bridgehead atoms. The molecule has 0 radical (unpaired) electrons. The summed E-state index contributed by atoms with van der Waals surface area (Å²) in [4.78, 5) is 0. The molecule has 1 nitrogen and oxygen atoms in total. The fraction of sp³-hybridized carbons (Fsp3) is 0.538. The molecule has 0 aliphatic carbocycles. The van der Waals surface area contributed by atoms with E-state index in [1.807, 2.05) is 6.07 Å². The van der Waals surface area contributed by atoms with Crippen molar-refractivity contribution in [3.05, 3.63) is 33.3 Å². The predicted octanol–water partition coefficient (Wildman–Crippen LogP) is 4.18. The standard InChI is InChI=1S/C13H17BrClN/c1-2-13(6-3-7-16-13)9-10-4-5-11(14)8-12(10)15/h4-5,8,16H,2-3,6-7,9H2,1H3. The molecular formula is C13H17BrClN.